The van der Waals surface area contributed by atoms with Crippen molar-refractivity contribution in [2.24, 2.45) is 0 Å². The van der Waals surface area contributed by atoms with Crippen molar-refractivity contribution in [2.75, 3.05) is 39.8 Å². The first-order valence-corrected chi connectivity index (χ1v) is 11.9. The van der Waals surface area contributed by atoms with Crippen LogP contribution < -0.4 is 5.32 Å². The second-order valence-electron chi connectivity index (χ2n) is 8.87. The van der Waals surface area contributed by atoms with Crippen molar-refractivity contribution < 1.29 is 14.3 Å². The first-order valence-electron chi connectivity index (χ1n) is 11.9. The van der Waals surface area contributed by atoms with Gasteiger partial charge in [0, 0.05) is 19.1 Å². The Bertz CT molecular complexity index is 925. The second-order valence-corrected chi connectivity index (χ2v) is 8.87. The number of hydrogen-bond donors (Lipinski definition) is 1. The van der Waals surface area contributed by atoms with Gasteiger partial charge in [0.2, 0.25) is 5.91 Å². The molecule has 178 valence electrons. The zero-order chi connectivity index (χ0) is 23.2. The molecule has 1 aromatic heterocycles. The lowest BCUT2D eigenvalue weighted by Crippen LogP contribution is -2.51. The maximum absolute atomic E-state index is 13.3. The van der Waals surface area contributed by atoms with Gasteiger partial charge in [-0.3, -0.25) is 9.69 Å². The highest BCUT2D eigenvalue weighted by atomic mass is 16.5. The maximum atomic E-state index is 13.3. The van der Waals surface area contributed by atoms with Gasteiger partial charge in [-0.1, -0.05) is 42.5 Å². The van der Waals surface area contributed by atoms with Crippen LogP contribution in [0.4, 0.5) is 0 Å². The Hall–Kier alpha value is -2.78. The Morgan fingerprint density at radius 3 is 2.61 bits per heavy atom. The summed E-state index contributed by atoms with van der Waals surface area (Å²) in [6.45, 7) is 6.70. The molecule has 0 bridgehead atoms. The third-order valence-corrected chi connectivity index (χ3v) is 6.93. The summed E-state index contributed by atoms with van der Waals surface area (Å²) in [6.07, 6.45) is 5.20. The normalized spacial score (nSPS) is 22.4. The van der Waals surface area contributed by atoms with E-state index in [1.165, 1.54) is 12.7 Å². The van der Waals surface area contributed by atoms with Crippen LogP contribution in [0.15, 0.2) is 36.5 Å². The van der Waals surface area contributed by atoms with Gasteiger partial charge in [0.15, 0.2) is 5.69 Å². The highest BCUT2D eigenvalue weighted by Crippen LogP contribution is 2.32. The molecule has 9 nitrogen and oxygen atoms in total. The Morgan fingerprint density at radius 1 is 1.15 bits per heavy atom. The molecule has 0 spiro atoms. The molecule has 1 aromatic carbocycles. The van der Waals surface area contributed by atoms with Gasteiger partial charge in [0.25, 0.3) is 0 Å². The molecule has 1 N–H and O–H groups in total. The van der Waals surface area contributed by atoms with E-state index in [0.29, 0.717) is 19.0 Å². The SMILES string of the molecule is CCN1CCC(N2C[C@@H](n3cc(C(=O)OC)nn3)C[C@H]2C(=O)NCCc2ccccc2)CC1. The van der Waals surface area contributed by atoms with Crippen molar-refractivity contribution in [3.63, 3.8) is 0 Å². The second kappa shape index (κ2) is 10.9. The Morgan fingerprint density at radius 2 is 1.91 bits per heavy atom. The Labute approximate surface area is 195 Å². The van der Waals surface area contributed by atoms with E-state index >= 15 is 0 Å². The highest BCUT2D eigenvalue weighted by Gasteiger charge is 2.42. The summed E-state index contributed by atoms with van der Waals surface area (Å²) >= 11 is 0. The van der Waals surface area contributed by atoms with E-state index in [0.717, 1.165) is 45.4 Å². The predicted octanol–water partition coefficient (Wildman–Crippen LogP) is 1.52. The number of esters is 1. The number of hydrogen-bond acceptors (Lipinski definition) is 7. The van der Waals surface area contributed by atoms with Gasteiger partial charge in [0.1, 0.15) is 0 Å². The monoisotopic (exact) mass is 454 g/mol. The van der Waals surface area contributed by atoms with Gasteiger partial charge < -0.3 is 15.0 Å². The first kappa shape index (κ1) is 23.4. The van der Waals surface area contributed by atoms with Crippen LogP contribution in [-0.4, -0.2) is 88.6 Å². The minimum atomic E-state index is -0.502. The van der Waals surface area contributed by atoms with Gasteiger partial charge in [-0.15, -0.1) is 5.10 Å². The molecular weight excluding hydrogens is 420 g/mol. The standard InChI is InChI=1S/C24H34N6O3/c1-3-28-13-10-19(11-14-28)29-16-20(30-17-21(26-27-30)24(32)33-2)15-22(29)23(31)25-12-9-18-7-5-4-6-8-18/h4-8,17,19-20,22H,3,9-16H2,1-2H3,(H,25,31)/t20-,22-/m0/s1. The van der Waals surface area contributed by atoms with Crippen molar-refractivity contribution in [1.82, 2.24) is 30.1 Å². The molecule has 2 atom stereocenters. The van der Waals surface area contributed by atoms with Crippen molar-refractivity contribution in [3.8, 4) is 0 Å². The van der Waals surface area contributed by atoms with Crippen molar-refractivity contribution in [1.29, 1.82) is 0 Å². The summed E-state index contributed by atoms with van der Waals surface area (Å²) in [7, 11) is 1.33. The van der Waals surface area contributed by atoms with E-state index < -0.39 is 5.97 Å². The summed E-state index contributed by atoms with van der Waals surface area (Å²) in [5, 5.41) is 11.3. The zero-order valence-corrected chi connectivity index (χ0v) is 19.5. The molecule has 2 aliphatic rings. The van der Waals surface area contributed by atoms with Gasteiger partial charge in [-0.25, -0.2) is 9.48 Å². The van der Waals surface area contributed by atoms with E-state index in [1.807, 2.05) is 18.2 Å². The number of amides is 1. The first-order chi connectivity index (χ1) is 16.1. The fourth-order valence-corrected chi connectivity index (χ4v) is 5.00. The fraction of sp³-hybridized carbons (Fsp3) is 0.583. The molecule has 3 heterocycles. The molecule has 0 aliphatic carbocycles. The number of piperidine rings is 1. The van der Waals surface area contributed by atoms with Gasteiger partial charge >= 0.3 is 5.97 Å². The van der Waals surface area contributed by atoms with Crippen molar-refractivity contribution in [2.45, 2.75) is 50.7 Å². The van der Waals surface area contributed by atoms with Crippen molar-refractivity contribution in [3.05, 3.63) is 47.8 Å². The van der Waals surface area contributed by atoms with Crippen LogP contribution in [0, 0.1) is 0 Å². The molecular formula is C24H34N6O3. The average molecular weight is 455 g/mol. The number of nitrogens with zero attached hydrogens (tertiary/aromatic N) is 5. The zero-order valence-electron chi connectivity index (χ0n) is 19.5. The van der Waals surface area contributed by atoms with Crippen LogP contribution in [0.3, 0.4) is 0 Å². The average Bonchev–Trinajstić information content (AvgIpc) is 3.52. The summed E-state index contributed by atoms with van der Waals surface area (Å²) in [5.74, 6) is -0.432. The molecule has 33 heavy (non-hydrogen) atoms. The topological polar surface area (TPSA) is 92.6 Å². The number of carbonyl (C=O) groups excluding carboxylic acids is 2. The number of rotatable bonds is 8. The van der Waals surface area contributed by atoms with E-state index in [-0.39, 0.29) is 23.7 Å². The van der Waals surface area contributed by atoms with E-state index in [9.17, 15) is 9.59 Å². The molecule has 0 saturated carbocycles. The summed E-state index contributed by atoms with van der Waals surface area (Å²) in [4.78, 5) is 29.9. The number of methoxy groups -OCH3 is 1. The van der Waals surface area contributed by atoms with Crippen LogP contribution in [0.1, 0.15) is 48.3 Å². The number of benzene rings is 1. The van der Waals surface area contributed by atoms with E-state index in [4.69, 9.17) is 4.74 Å². The number of ether oxygens (including phenoxy) is 1. The smallest absolute Gasteiger partial charge is 0.360 e. The third kappa shape index (κ3) is 5.59. The Balaban J connectivity index is 1.43. The highest BCUT2D eigenvalue weighted by molar-refractivity contribution is 5.86. The quantitative estimate of drug-likeness (QED) is 0.605. The van der Waals surface area contributed by atoms with Crippen molar-refractivity contribution >= 4 is 11.9 Å². The lowest BCUT2D eigenvalue weighted by atomic mass is 10.0. The third-order valence-electron chi connectivity index (χ3n) is 6.93. The molecule has 4 rings (SSSR count). The molecule has 0 radical (unpaired) electrons. The van der Waals surface area contributed by atoms with Crippen LogP contribution in [-0.2, 0) is 16.0 Å². The fourth-order valence-electron chi connectivity index (χ4n) is 5.00. The molecule has 1 amide bonds. The number of likely N-dealkylation sites (tertiary alicyclic amines) is 2. The molecule has 2 aliphatic heterocycles. The van der Waals surface area contributed by atoms with Crippen LogP contribution >= 0.6 is 0 Å². The van der Waals surface area contributed by atoms with Gasteiger partial charge in [-0.05, 0) is 50.9 Å². The molecule has 2 fully saturated rings. The molecule has 2 aromatic rings. The van der Waals surface area contributed by atoms with E-state index in [2.05, 4.69) is 44.5 Å². The molecule has 2 saturated heterocycles. The van der Waals surface area contributed by atoms with Gasteiger partial charge in [-0.2, -0.15) is 0 Å². The number of aromatic nitrogens is 3. The summed E-state index contributed by atoms with van der Waals surface area (Å²) < 4.78 is 6.48. The maximum Gasteiger partial charge on any atom is 0.360 e. The Kier molecular flexibility index (Phi) is 7.72. The predicted molar refractivity (Wildman–Crippen MR) is 124 cm³/mol. The van der Waals surface area contributed by atoms with Gasteiger partial charge in [0.05, 0.1) is 25.4 Å². The van der Waals surface area contributed by atoms with Crippen LogP contribution in [0.5, 0.6) is 0 Å². The molecule has 9 heteroatoms. The summed E-state index contributed by atoms with van der Waals surface area (Å²) in [6, 6.07) is 10.3. The van der Waals surface area contributed by atoms with E-state index in [1.54, 1.807) is 10.9 Å². The number of nitrogens with one attached hydrogen (secondary N) is 1. The summed E-state index contributed by atoms with van der Waals surface area (Å²) in [5.41, 5.74) is 1.40. The number of carbonyl (C=O) groups is 2. The largest absolute Gasteiger partial charge is 0.464 e. The minimum absolute atomic E-state index is 0.00927. The van der Waals surface area contributed by atoms with Crippen LogP contribution in [0.25, 0.3) is 0 Å². The molecule has 0 unspecified atom stereocenters. The van der Waals surface area contributed by atoms with Crippen LogP contribution in [0.2, 0.25) is 0 Å². The minimum Gasteiger partial charge on any atom is -0.464 e. The lowest BCUT2D eigenvalue weighted by molar-refractivity contribution is -0.126. The lowest BCUT2D eigenvalue weighted by Gasteiger charge is -2.38.